The van der Waals surface area contributed by atoms with E-state index < -0.39 is 9.84 Å². The second-order valence-electron chi connectivity index (χ2n) is 6.95. The summed E-state index contributed by atoms with van der Waals surface area (Å²) in [5.74, 6) is 1.66. The largest absolute Gasteiger partial charge is 0.497 e. The highest BCUT2D eigenvalue weighted by Gasteiger charge is 2.47. The predicted octanol–water partition coefficient (Wildman–Crippen LogP) is 3.12. The molecule has 0 amide bonds. The monoisotopic (exact) mass is 436 g/mol. The number of sulfone groups is 1. The molecule has 0 bridgehead atoms. The maximum atomic E-state index is 13.2. The predicted molar refractivity (Wildman–Crippen MR) is 113 cm³/mol. The van der Waals surface area contributed by atoms with Crippen LogP contribution < -0.4 is 14.4 Å². The molecular formula is C20H21FN2O4S2. The number of halogens is 1. The van der Waals surface area contributed by atoms with Crippen LogP contribution >= 0.6 is 11.8 Å². The van der Waals surface area contributed by atoms with E-state index in [-0.39, 0.29) is 29.4 Å². The van der Waals surface area contributed by atoms with Gasteiger partial charge in [-0.25, -0.2) is 12.8 Å². The summed E-state index contributed by atoms with van der Waals surface area (Å²) in [5, 5.41) is 0.728. The standard InChI is InChI=1S/C20H21FN2O4S2/c1-26-15-7-8-19(27-2)17(9-15)23-18-12-29(24,25)11-16(18)22-20(23)28-10-13-3-5-14(21)6-4-13/h3-9,16,18H,10-12H2,1-2H3/t16-,18-/m0/s1. The van der Waals surface area contributed by atoms with Crippen LogP contribution in [0.5, 0.6) is 11.5 Å². The van der Waals surface area contributed by atoms with E-state index in [9.17, 15) is 12.8 Å². The van der Waals surface area contributed by atoms with E-state index in [1.165, 1.54) is 23.9 Å². The lowest BCUT2D eigenvalue weighted by Crippen LogP contribution is -2.39. The first kappa shape index (κ1) is 20.0. The van der Waals surface area contributed by atoms with Gasteiger partial charge in [-0.1, -0.05) is 23.9 Å². The Hall–Kier alpha value is -2.26. The van der Waals surface area contributed by atoms with Gasteiger partial charge in [0, 0.05) is 11.8 Å². The van der Waals surface area contributed by atoms with Crippen LogP contribution in [0.15, 0.2) is 47.5 Å². The molecule has 0 saturated carbocycles. The maximum absolute atomic E-state index is 13.2. The van der Waals surface area contributed by atoms with E-state index in [4.69, 9.17) is 14.5 Å². The molecule has 9 heteroatoms. The zero-order valence-electron chi connectivity index (χ0n) is 16.0. The van der Waals surface area contributed by atoms with Crippen molar-refractivity contribution in [2.24, 2.45) is 4.99 Å². The second-order valence-corrected chi connectivity index (χ2v) is 10.0. The number of methoxy groups -OCH3 is 2. The van der Waals surface area contributed by atoms with Crippen LogP contribution in [0.3, 0.4) is 0 Å². The van der Waals surface area contributed by atoms with E-state index in [0.717, 1.165) is 16.4 Å². The fraction of sp³-hybridized carbons (Fsp3) is 0.350. The maximum Gasteiger partial charge on any atom is 0.164 e. The number of thioether (sulfide) groups is 1. The lowest BCUT2D eigenvalue weighted by atomic mass is 10.1. The number of rotatable bonds is 5. The Labute approximate surface area is 173 Å². The number of amidine groups is 1. The molecule has 29 heavy (non-hydrogen) atoms. The van der Waals surface area contributed by atoms with Crippen molar-refractivity contribution >= 4 is 32.5 Å². The Kier molecular flexibility index (Phi) is 5.44. The van der Waals surface area contributed by atoms with Crippen molar-refractivity contribution in [3.63, 3.8) is 0 Å². The third-order valence-corrected chi connectivity index (χ3v) is 7.77. The number of hydrogen-bond acceptors (Lipinski definition) is 7. The molecule has 2 atom stereocenters. The Morgan fingerprint density at radius 3 is 2.59 bits per heavy atom. The van der Waals surface area contributed by atoms with Crippen LogP contribution in [-0.2, 0) is 15.6 Å². The van der Waals surface area contributed by atoms with Crippen LogP contribution in [0.4, 0.5) is 10.1 Å². The third-order valence-electron chi connectivity index (χ3n) is 5.03. The van der Waals surface area contributed by atoms with Gasteiger partial charge in [-0.3, -0.25) is 4.99 Å². The van der Waals surface area contributed by atoms with Gasteiger partial charge in [-0.05, 0) is 29.8 Å². The van der Waals surface area contributed by atoms with Gasteiger partial charge in [-0.2, -0.15) is 0 Å². The summed E-state index contributed by atoms with van der Waals surface area (Å²) < 4.78 is 48.5. The van der Waals surface area contributed by atoms with E-state index in [2.05, 4.69) is 0 Å². The highest BCUT2D eigenvalue weighted by molar-refractivity contribution is 8.13. The Morgan fingerprint density at radius 1 is 1.14 bits per heavy atom. The van der Waals surface area contributed by atoms with Gasteiger partial charge in [0.05, 0.1) is 43.5 Å². The van der Waals surface area contributed by atoms with Gasteiger partial charge >= 0.3 is 0 Å². The highest BCUT2D eigenvalue weighted by atomic mass is 32.2. The molecule has 2 aromatic rings. The quantitative estimate of drug-likeness (QED) is 0.718. The summed E-state index contributed by atoms with van der Waals surface area (Å²) in [4.78, 5) is 6.67. The minimum Gasteiger partial charge on any atom is -0.497 e. The van der Waals surface area contributed by atoms with Crippen LogP contribution in [0.25, 0.3) is 0 Å². The smallest absolute Gasteiger partial charge is 0.164 e. The summed E-state index contributed by atoms with van der Waals surface area (Å²) in [6.07, 6.45) is 0. The molecule has 0 spiro atoms. The number of fused-ring (bicyclic) bond motifs is 1. The fourth-order valence-electron chi connectivity index (χ4n) is 3.63. The van der Waals surface area contributed by atoms with E-state index in [1.54, 1.807) is 38.5 Å². The topological polar surface area (TPSA) is 68.2 Å². The Bertz CT molecular complexity index is 1040. The minimum atomic E-state index is -3.15. The van der Waals surface area contributed by atoms with Crippen LogP contribution in [0.1, 0.15) is 5.56 Å². The van der Waals surface area contributed by atoms with Crippen molar-refractivity contribution in [1.29, 1.82) is 0 Å². The highest BCUT2D eigenvalue weighted by Crippen LogP contribution is 2.41. The number of aliphatic imine (C=N–C) groups is 1. The van der Waals surface area contributed by atoms with Gasteiger partial charge in [0.2, 0.25) is 0 Å². The fourth-order valence-corrected chi connectivity index (χ4v) is 6.54. The lowest BCUT2D eigenvalue weighted by Gasteiger charge is -2.28. The average Bonchev–Trinajstić information content (AvgIpc) is 3.17. The second kappa shape index (κ2) is 7.87. The average molecular weight is 437 g/mol. The van der Waals surface area contributed by atoms with Crippen LogP contribution in [-0.4, -0.2) is 51.4 Å². The summed E-state index contributed by atoms with van der Waals surface area (Å²) in [6.45, 7) is 0. The zero-order chi connectivity index (χ0) is 20.6. The molecule has 0 aromatic heterocycles. The summed E-state index contributed by atoms with van der Waals surface area (Å²) in [5.41, 5.74) is 1.68. The number of anilines is 1. The van der Waals surface area contributed by atoms with Gasteiger partial charge in [0.25, 0.3) is 0 Å². The molecule has 0 N–H and O–H groups in total. The molecule has 2 aromatic carbocycles. The number of ether oxygens (including phenoxy) is 2. The van der Waals surface area contributed by atoms with E-state index >= 15 is 0 Å². The van der Waals surface area contributed by atoms with Gasteiger partial charge in [-0.15, -0.1) is 0 Å². The summed E-state index contributed by atoms with van der Waals surface area (Å²) in [6, 6.07) is 11.2. The molecule has 1 fully saturated rings. The first-order chi connectivity index (χ1) is 13.9. The van der Waals surface area contributed by atoms with Crippen LogP contribution in [0, 0.1) is 5.82 Å². The Balaban J connectivity index is 1.68. The third kappa shape index (κ3) is 4.06. The van der Waals surface area contributed by atoms with E-state index in [0.29, 0.717) is 17.3 Å². The first-order valence-corrected chi connectivity index (χ1v) is 11.9. The van der Waals surface area contributed by atoms with Gasteiger partial charge in [0.15, 0.2) is 15.0 Å². The SMILES string of the molecule is COc1ccc(OC)c(N2C(SCc3ccc(F)cc3)=N[C@H]3CS(=O)(=O)C[C@@H]32)c1. The van der Waals surface area contributed by atoms with Crippen molar-refractivity contribution in [2.75, 3.05) is 30.6 Å². The van der Waals surface area contributed by atoms with Crippen LogP contribution in [0.2, 0.25) is 0 Å². The van der Waals surface area contributed by atoms with Crippen molar-refractivity contribution in [3.8, 4) is 11.5 Å². The zero-order valence-corrected chi connectivity index (χ0v) is 17.7. The number of nitrogens with zero attached hydrogens (tertiary/aromatic N) is 2. The minimum absolute atomic E-state index is 0.0427. The molecule has 0 radical (unpaired) electrons. The summed E-state index contributed by atoms with van der Waals surface area (Å²) >= 11 is 1.50. The lowest BCUT2D eigenvalue weighted by molar-refractivity contribution is 0.403. The molecule has 0 unspecified atom stereocenters. The number of hydrogen-bond donors (Lipinski definition) is 0. The van der Waals surface area contributed by atoms with Crippen molar-refractivity contribution < 1.29 is 22.3 Å². The molecule has 1 saturated heterocycles. The molecule has 154 valence electrons. The van der Waals surface area contributed by atoms with E-state index in [1.807, 2.05) is 11.0 Å². The van der Waals surface area contributed by atoms with Crippen molar-refractivity contribution in [2.45, 2.75) is 17.8 Å². The summed E-state index contributed by atoms with van der Waals surface area (Å²) in [7, 11) is 0.00745. The normalized spacial score (nSPS) is 22.3. The molecule has 0 aliphatic carbocycles. The van der Waals surface area contributed by atoms with Crippen molar-refractivity contribution in [3.05, 3.63) is 53.8 Å². The van der Waals surface area contributed by atoms with Gasteiger partial charge in [0.1, 0.15) is 17.3 Å². The molecule has 6 nitrogen and oxygen atoms in total. The molecular weight excluding hydrogens is 415 g/mol. The van der Waals surface area contributed by atoms with Gasteiger partial charge < -0.3 is 14.4 Å². The molecule has 4 rings (SSSR count). The first-order valence-electron chi connectivity index (χ1n) is 9.07. The molecule has 2 heterocycles. The van der Waals surface area contributed by atoms with Crippen molar-refractivity contribution in [1.82, 2.24) is 0 Å². The Morgan fingerprint density at radius 2 is 1.90 bits per heavy atom. The molecule has 2 aliphatic heterocycles. The molecule has 2 aliphatic rings. The number of benzene rings is 2.